The van der Waals surface area contributed by atoms with Crippen molar-refractivity contribution in [3.63, 3.8) is 0 Å². The topological polar surface area (TPSA) is 8.17 Å². The standard InChI is InChI=1S/C67H42N2S2/c1-4-18-45(19-5-1)67(46-20-6-2-7-21-46)58-28-14-10-24-50(58)51-36-33-49(42-59(51)67)68(48-34-37-65-56(41-48)54-26-12-16-30-63(54)70-65)62-40-44(38-57-55-27-13-17-31-64(55)71-66(57)62)43-32-35-53-52-25-11-15-29-60(52)69(61(53)39-43)47-22-8-3-9-23-47/h1-42H. The highest BCUT2D eigenvalue weighted by atomic mass is 32.1. The molecule has 0 N–H and O–H groups in total. The third-order valence-corrected chi connectivity index (χ3v) is 17.4. The van der Waals surface area contributed by atoms with E-state index >= 15 is 0 Å². The Bertz CT molecular complexity index is 4370. The monoisotopic (exact) mass is 938 g/mol. The van der Waals surface area contributed by atoms with Crippen molar-refractivity contribution in [1.29, 1.82) is 0 Å². The Morgan fingerprint density at radius 2 is 0.915 bits per heavy atom. The second-order valence-corrected chi connectivity index (χ2v) is 20.9. The van der Waals surface area contributed by atoms with Crippen LogP contribution in [0.4, 0.5) is 17.1 Å². The number of nitrogens with zero attached hydrogens (tertiary/aromatic N) is 2. The summed E-state index contributed by atoms with van der Waals surface area (Å²) < 4.78 is 7.54. The molecule has 0 radical (unpaired) electrons. The van der Waals surface area contributed by atoms with Crippen molar-refractivity contribution in [2.75, 3.05) is 4.90 Å². The fraction of sp³-hybridized carbons (Fsp3) is 0.0149. The maximum absolute atomic E-state index is 2.57. The van der Waals surface area contributed by atoms with E-state index in [0.29, 0.717) is 0 Å². The number of anilines is 3. The molecular weight excluding hydrogens is 897 g/mol. The van der Waals surface area contributed by atoms with E-state index in [1.54, 1.807) is 0 Å². The van der Waals surface area contributed by atoms with Crippen molar-refractivity contribution in [3.8, 4) is 27.9 Å². The zero-order valence-corrected chi connectivity index (χ0v) is 40.1. The van der Waals surface area contributed by atoms with Gasteiger partial charge in [-0.1, -0.05) is 176 Å². The van der Waals surface area contributed by atoms with E-state index in [1.807, 2.05) is 22.7 Å². The average Bonchev–Trinajstić information content (AvgIpc) is 4.19. The molecule has 0 unspecified atom stereocenters. The van der Waals surface area contributed by atoms with Gasteiger partial charge in [-0.2, -0.15) is 0 Å². The molecule has 1 aliphatic rings. The second kappa shape index (κ2) is 15.7. The van der Waals surface area contributed by atoms with Gasteiger partial charge in [0.2, 0.25) is 0 Å². The van der Waals surface area contributed by atoms with Crippen LogP contribution >= 0.6 is 22.7 Å². The molecule has 71 heavy (non-hydrogen) atoms. The normalized spacial score (nSPS) is 12.9. The number of thiophene rings is 2. The Kier molecular flexibility index (Phi) is 8.95. The molecule has 0 saturated carbocycles. The number of para-hydroxylation sites is 2. The minimum absolute atomic E-state index is 0.551. The van der Waals surface area contributed by atoms with E-state index < -0.39 is 5.41 Å². The van der Waals surface area contributed by atoms with Crippen LogP contribution in [0, 0.1) is 0 Å². The molecule has 0 saturated heterocycles. The molecule has 15 rings (SSSR count). The predicted octanol–water partition coefficient (Wildman–Crippen LogP) is 19.0. The van der Waals surface area contributed by atoms with Gasteiger partial charge in [0.25, 0.3) is 0 Å². The summed E-state index contributed by atoms with van der Waals surface area (Å²) in [6.45, 7) is 0. The van der Waals surface area contributed by atoms with E-state index in [-0.39, 0.29) is 0 Å². The van der Waals surface area contributed by atoms with Crippen molar-refractivity contribution < 1.29 is 0 Å². The summed E-state index contributed by atoms with van der Waals surface area (Å²) >= 11 is 3.75. The van der Waals surface area contributed by atoms with Gasteiger partial charge in [-0.3, -0.25) is 0 Å². The Balaban J connectivity index is 1.04. The summed E-state index contributed by atoms with van der Waals surface area (Å²) in [5, 5.41) is 7.58. The molecule has 0 fully saturated rings. The van der Waals surface area contributed by atoms with Crippen LogP contribution in [0.1, 0.15) is 22.3 Å². The second-order valence-electron chi connectivity index (χ2n) is 18.8. The molecule has 3 aromatic heterocycles. The molecule has 4 heteroatoms. The van der Waals surface area contributed by atoms with Crippen molar-refractivity contribution in [1.82, 2.24) is 4.57 Å². The van der Waals surface area contributed by atoms with Crippen LogP contribution in [0.5, 0.6) is 0 Å². The van der Waals surface area contributed by atoms with Crippen LogP contribution in [-0.4, -0.2) is 4.57 Å². The van der Waals surface area contributed by atoms with Gasteiger partial charge in [0.05, 0.1) is 26.8 Å². The van der Waals surface area contributed by atoms with Gasteiger partial charge < -0.3 is 9.47 Å². The zero-order valence-electron chi connectivity index (χ0n) is 38.5. The van der Waals surface area contributed by atoms with Crippen LogP contribution in [-0.2, 0) is 5.41 Å². The lowest BCUT2D eigenvalue weighted by atomic mass is 9.67. The molecule has 332 valence electrons. The first kappa shape index (κ1) is 40.4. The fourth-order valence-electron chi connectivity index (χ4n) is 12.0. The van der Waals surface area contributed by atoms with Gasteiger partial charge >= 0.3 is 0 Å². The largest absolute Gasteiger partial charge is 0.309 e. The van der Waals surface area contributed by atoms with Gasteiger partial charge in [-0.25, -0.2) is 0 Å². The molecule has 0 bridgehead atoms. The first-order valence-electron chi connectivity index (χ1n) is 24.3. The Labute approximate surface area is 419 Å². The lowest BCUT2D eigenvalue weighted by Crippen LogP contribution is -2.28. The van der Waals surface area contributed by atoms with Crippen LogP contribution in [0.25, 0.3) is 90.1 Å². The number of rotatable bonds is 7. The fourth-order valence-corrected chi connectivity index (χ4v) is 14.3. The van der Waals surface area contributed by atoms with E-state index in [0.717, 1.165) is 22.7 Å². The summed E-state index contributed by atoms with van der Waals surface area (Å²) in [7, 11) is 0. The summed E-state index contributed by atoms with van der Waals surface area (Å²) in [6, 6.07) is 95.1. The Morgan fingerprint density at radius 1 is 0.338 bits per heavy atom. The summed E-state index contributed by atoms with van der Waals surface area (Å²) in [5.74, 6) is 0. The third-order valence-electron chi connectivity index (χ3n) is 15.0. The first-order chi connectivity index (χ1) is 35.2. The third kappa shape index (κ3) is 5.99. The average molecular weight is 939 g/mol. The van der Waals surface area contributed by atoms with Crippen LogP contribution < -0.4 is 4.90 Å². The minimum Gasteiger partial charge on any atom is -0.309 e. The number of fused-ring (bicyclic) bond motifs is 12. The van der Waals surface area contributed by atoms with Gasteiger partial charge in [-0.05, 0) is 123 Å². The SMILES string of the molecule is c1ccc(-n2c3ccccc3c3ccc(-c4cc(N(c5ccc6c(c5)C(c5ccccc5)(c5ccccc5)c5ccccc5-6)c5ccc6sc7ccccc7c6c5)c5sc6ccccc6c5c4)cc32)cc1. The summed E-state index contributed by atoms with van der Waals surface area (Å²) in [4.78, 5) is 2.57. The molecule has 0 atom stereocenters. The number of benzene rings is 11. The van der Waals surface area contributed by atoms with E-state index in [4.69, 9.17) is 0 Å². The molecule has 0 aliphatic heterocycles. The summed E-state index contributed by atoms with van der Waals surface area (Å²) in [6.07, 6.45) is 0. The van der Waals surface area contributed by atoms with Crippen molar-refractivity contribution in [2.24, 2.45) is 0 Å². The highest BCUT2D eigenvalue weighted by Gasteiger charge is 2.46. The molecule has 2 nitrogen and oxygen atoms in total. The lowest BCUT2D eigenvalue weighted by molar-refractivity contribution is 0.768. The number of hydrogen-bond acceptors (Lipinski definition) is 3. The molecule has 3 heterocycles. The minimum atomic E-state index is -0.551. The molecule has 11 aromatic carbocycles. The van der Waals surface area contributed by atoms with Gasteiger partial charge in [0, 0.05) is 63.5 Å². The quantitative estimate of drug-likeness (QED) is 0.155. The van der Waals surface area contributed by atoms with Crippen molar-refractivity contribution in [2.45, 2.75) is 5.41 Å². The van der Waals surface area contributed by atoms with Crippen LogP contribution in [0.3, 0.4) is 0 Å². The maximum atomic E-state index is 2.57. The zero-order chi connectivity index (χ0) is 46.6. The molecular formula is C67H42N2S2. The highest BCUT2D eigenvalue weighted by molar-refractivity contribution is 7.26. The van der Waals surface area contributed by atoms with Crippen LogP contribution in [0.15, 0.2) is 255 Å². The smallest absolute Gasteiger partial charge is 0.0714 e. The number of aromatic nitrogens is 1. The Morgan fingerprint density at radius 3 is 1.69 bits per heavy atom. The van der Waals surface area contributed by atoms with E-state index in [9.17, 15) is 0 Å². The maximum Gasteiger partial charge on any atom is 0.0714 e. The van der Waals surface area contributed by atoms with E-state index in [1.165, 1.54) is 107 Å². The van der Waals surface area contributed by atoms with Crippen LogP contribution in [0.2, 0.25) is 0 Å². The molecule has 14 aromatic rings. The van der Waals surface area contributed by atoms with Gasteiger partial charge in [-0.15, -0.1) is 22.7 Å². The Hall–Kier alpha value is -8.54. The highest BCUT2D eigenvalue weighted by Crippen LogP contribution is 2.58. The predicted molar refractivity (Wildman–Crippen MR) is 304 cm³/mol. The van der Waals surface area contributed by atoms with Crippen molar-refractivity contribution >= 4 is 102 Å². The number of hydrogen-bond donors (Lipinski definition) is 0. The molecule has 0 amide bonds. The van der Waals surface area contributed by atoms with Gasteiger partial charge in [0.1, 0.15) is 0 Å². The van der Waals surface area contributed by atoms with E-state index in [2.05, 4.69) is 264 Å². The lowest BCUT2D eigenvalue weighted by Gasteiger charge is -2.35. The van der Waals surface area contributed by atoms with Crippen molar-refractivity contribution in [3.05, 3.63) is 277 Å². The summed E-state index contributed by atoms with van der Waals surface area (Å²) in [5.41, 5.74) is 16.4. The molecule has 0 spiro atoms. The first-order valence-corrected chi connectivity index (χ1v) is 26.0. The molecule has 1 aliphatic carbocycles. The van der Waals surface area contributed by atoms with Gasteiger partial charge in [0.15, 0.2) is 0 Å².